The number of nitro benzene ring substituents is 1. The van der Waals surface area contributed by atoms with Crippen LogP contribution in [-0.4, -0.2) is 29.0 Å². The lowest BCUT2D eigenvalue weighted by atomic mass is 10.2. The Kier molecular flexibility index (Phi) is 5.11. The topological polar surface area (TPSA) is 67.2 Å². The van der Waals surface area contributed by atoms with Crippen LogP contribution in [0.2, 0.25) is 0 Å². The van der Waals surface area contributed by atoms with Crippen molar-refractivity contribution in [1.29, 1.82) is 0 Å². The number of nitro groups is 1. The first-order valence-corrected chi connectivity index (χ1v) is 8.05. The van der Waals surface area contributed by atoms with Gasteiger partial charge in [0.05, 0.1) is 4.92 Å². The molecule has 110 valence electrons. The van der Waals surface area contributed by atoms with Crippen molar-refractivity contribution in [1.82, 2.24) is 0 Å². The lowest BCUT2D eigenvalue weighted by Crippen LogP contribution is -2.26. The minimum Gasteiger partial charge on any atom is -0.382 e. The van der Waals surface area contributed by atoms with Gasteiger partial charge in [0.25, 0.3) is 0 Å². The largest absolute Gasteiger partial charge is 0.382 e. The van der Waals surface area contributed by atoms with Crippen LogP contribution in [0.1, 0.15) is 26.2 Å². The van der Waals surface area contributed by atoms with Crippen molar-refractivity contribution in [3.8, 4) is 0 Å². The van der Waals surface area contributed by atoms with Gasteiger partial charge in [-0.05, 0) is 30.7 Å². The van der Waals surface area contributed by atoms with E-state index in [2.05, 4.69) is 17.6 Å². The van der Waals surface area contributed by atoms with E-state index in [0.717, 1.165) is 12.2 Å². The molecule has 1 fully saturated rings. The summed E-state index contributed by atoms with van der Waals surface area (Å²) in [6, 6.07) is 5.70. The molecule has 5 nitrogen and oxygen atoms in total. The predicted molar refractivity (Wildman–Crippen MR) is 85.8 cm³/mol. The summed E-state index contributed by atoms with van der Waals surface area (Å²) in [4.78, 5) is 11.0. The third-order valence-electron chi connectivity index (χ3n) is 3.66. The van der Waals surface area contributed by atoms with Gasteiger partial charge >= 0.3 is 5.69 Å². The lowest BCUT2D eigenvalue weighted by Gasteiger charge is -2.21. The number of nitrogens with one attached hydrogen (secondary N) is 2. The van der Waals surface area contributed by atoms with E-state index >= 15 is 0 Å². The molecule has 20 heavy (non-hydrogen) atoms. The van der Waals surface area contributed by atoms with Crippen LogP contribution in [0.5, 0.6) is 0 Å². The molecule has 0 saturated heterocycles. The molecule has 0 aliphatic heterocycles. The molecule has 0 aromatic heterocycles. The summed E-state index contributed by atoms with van der Waals surface area (Å²) in [6.45, 7) is 2.16. The van der Waals surface area contributed by atoms with Gasteiger partial charge < -0.3 is 10.6 Å². The van der Waals surface area contributed by atoms with Crippen molar-refractivity contribution in [3.63, 3.8) is 0 Å². The van der Waals surface area contributed by atoms with Gasteiger partial charge in [-0.15, -0.1) is 0 Å². The van der Waals surface area contributed by atoms with Crippen molar-refractivity contribution in [2.24, 2.45) is 0 Å². The number of para-hydroxylation sites is 1. The third-order valence-corrected chi connectivity index (χ3v) is 4.99. The van der Waals surface area contributed by atoms with E-state index in [0.29, 0.717) is 22.7 Å². The zero-order valence-electron chi connectivity index (χ0n) is 11.9. The molecule has 1 aromatic carbocycles. The second-order valence-corrected chi connectivity index (χ2v) is 6.40. The molecule has 0 amide bonds. The van der Waals surface area contributed by atoms with Crippen LogP contribution in [0, 0.1) is 10.1 Å². The van der Waals surface area contributed by atoms with E-state index in [9.17, 15) is 10.1 Å². The van der Waals surface area contributed by atoms with Crippen molar-refractivity contribution >= 4 is 28.8 Å². The standard InChI is InChI=1S/C14H21N3O2S/c1-3-20-13-9-5-6-10(13)16-12-8-4-7-11(15-2)14(12)17(18)19/h4,7-8,10,13,15-16H,3,5-6,9H2,1-2H3. The van der Waals surface area contributed by atoms with Gasteiger partial charge in [-0.2, -0.15) is 11.8 Å². The van der Waals surface area contributed by atoms with Crippen molar-refractivity contribution in [3.05, 3.63) is 28.3 Å². The summed E-state index contributed by atoms with van der Waals surface area (Å²) in [5, 5.41) is 18.1. The van der Waals surface area contributed by atoms with E-state index in [-0.39, 0.29) is 10.6 Å². The minimum atomic E-state index is -0.314. The highest BCUT2D eigenvalue weighted by atomic mass is 32.2. The van der Waals surface area contributed by atoms with E-state index in [1.165, 1.54) is 12.8 Å². The predicted octanol–water partition coefficient (Wildman–Crippen LogP) is 3.72. The Morgan fingerprint density at radius 2 is 2.15 bits per heavy atom. The normalized spacial score (nSPS) is 21.7. The molecular formula is C14H21N3O2S. The molecule has 1 aromatic rings. The molecule has 1 aliphatic rings. The van der Waals surface area contributed by atoms with E-state index in [1.54, 1.807) is 19.2 Å². The molecular weight excluding hydrogens is 274 g/mol. The lowest BCUT2D eigenvalue weighted by molar-refractivity contribution is -0.383. The number of hydrogen-bond donors (Lipinski definition) is 2. The van der Waals surface area contributed by atoms with Crippen molar-refractivity contribution in [2.45, 2.75) is 37.5 Å². The molecule has 1 aliphatic carbocycles. The van der Waals surface area contributed by atoms with Gasteiger partial charge in [0, 0.05) is 18.3 Å². The third kappa shape index (κ3) is 3.17. The van der Waals surface area contributed by atoms with Crippen LogP contribution in [0.25, 0.3) is 0 Å². The van der Waals surface area contributed by atoms with Crippen molar-refractivity contribution < 1.29 is 4.92 Å². The fourth-order valence-electron chi connectivity index (χ4n) is 2.76. The highest BCUT2D eigenvalue weighted by Crippen LogP contribution is 2.37. The van der Waals surface area contributed by atoms with Crippen molar-refractivity contribution in [2.75, 3.05) is 23.4 Å². The Hall–Kier alpha value is -1.43. The highest BCUT2D eigenvalue weighted by molar-refractivity contribution is 7.99. The first-order chi connectivity index (χ1) is 9.67. The molecule has 0 heterocycles. The first kappa shape index (κ1) is 15.0. The summed E-state index contributed by atoms with van der Waals surface area (Å²) in [5.74, 6) is 1.08. The Bertz CT molecular complexity index is 481. The monoisotopic (exact) mass is 295 g/mol. The maximum absolute atomic E-state index is 11.3. The Balaban J connectivity index is 2.22. The molecule has 0 spiro atoms. The fourth-order valence-corrected chi connectivity index (χ4v) is 3.96. The maximum atomic E-state index is 11.3. The summed E-state index contributed by atoms with van der Waals surface area (Å²) in [5.41, 5.74) is 1.32. The Labute approximate surface area is 123 Å². The molecule has 2 atom stereocenters. The van der Waals surface area contributed by atoms with Gasteiger partial charge in [-0.3, -0.25) is 10.1 Å². The van der Waals surface area contributed by atoms with Crippen LogP contribution in [0.3, 0.4) is 0 Å². The van der Waals surface area contributed by atoms with Gasteiger partial charge in [-0.25, -0.2) is 0 Å². The Morgan fingerprint density at radius 1 is 1.40 bits per heavy atom. The number of thioether (sulfide) groups is 1. The first-order valence-electron chi connectivity index (χ1n) is 7.00. The quantitative estimate of drug-likeness (QED) is 0.618. The highest BCUT2D eigenvalue weighted by Gasteiger charge is 2.29. The van der Waals surface area contributed by atoms with E-state index in [1.807, 2.05) is 17.8 Å². The molecule has 6 heteroatoms. The van der Waals surface area contributed by atoms with Crippen LogP contribution in [0.4, 0.5) is 17.1 Å². The summed E-state index contributed by atoms with van der Waals surface area (Å²) in [6.07, 6.45) is 3.46. The van der Waals surface area contributed by atoms with Crippen LogP contribution >= 0.6 is 11.8 Å². The molecule has 1 saturated carbocycles. The van der Waals surface area contributed by atoms with E-state index < -0.39 is 0 Å². The zero-order valence-corrected chi connectivity index (χ0v) is 12.7. The maximum Gasteiger partial charge on any atom is 0.315 e. The Morgan fingerprint density at radius 3 is 2.80 bits per heavy atom. The zero-order chi connectivity index (χ0) is 14.5. The van der Waals surface area contributed by atoms with Gasteiger partial charge in [0.15, 0.2) is 0 Å². The van der Waals surface area contributed by atoms with Gasteiger partial charge in [0.2, 0.25) is 0 Å². The average molecular weight is 295 g/mol. The molecule has 0 bridgehead atoms. The molecule has 2 rings (SSSR count). The number of rotatable bonds is 6. The summed E-state index contributed by atoms with van der Waals surface area (Å²) in [7, 11) is 1.71. The molecule has 0 radical (unpaired) electrons. The number of nitrogens with zero attached hydrogens (tertiary/aromatic N) is 1. The van der Waals surface area contributed by atoms with Gasteiger partial charge in [-0.1, -0.05) is 19.4 Å². The summed E-state index contributed by atoms with van der Waals surface area (Å²) >= 11 is 1.94. The van der Waals surface area contributed by atoms with Gasteiger partial charge in [0.1, 0.15) is 11.4 Å². The van der Waals surface area contributed by atoms with E-state index in [4.69, 9.17) is 0 Å². The second kappa shape index (κ2) is 6.83. The van der Waals surface area contributed by atoms with Crippen LogP contribution in [-0.2, 0) is 0 Å². The average Bonchev–Trinajstić information content (AvgIpc) is 2.86. The number of anilines is 2. The fraction of sp³-hybridized carbons (Fsp3) is 0.571. The molecule has 2 unspecified atom stereocenters. The van der Waals surface area contributed by atoms with Crippen LogP contribution in [0.15, 0.2) is 18.2 Å². The second-order valence-electron chi connectivity index (χ2n) is 4.88. The number of benzene rings is 1. The number of hydrogen-bond acceptors (Lipinski definition) is 5. The SMILES string of the molecule is CCSC1CCCC1Nc1cccc(NC)c1[N+](=O)[O-]. The van der Waals surface area contributed by atoms with Crippen LogP contribution < -0.4 is 10.6 Å². The minimum absolute atomic E-state index is 0.141. The molecule has 2 N–H and O–H groups in total. The summed E-state index contributed by atoms with van der Waals surface area (Å²) < 4.78 is 0. The smallest absolute Gasteiger partial charge is 0.315 e.